The zero-order valence-corrected chi connectivity index (χ0v) is 55.0. The van der Waals surface area contributed by atoms with Crippen molar-refractivity contribution in [2.45, 2.75) is 7.43 Å². The van der Waals surface area contributed by atoms with Crippen molar-refractivity contribution in [3.8, 4) is 28.6 Å². The molecule has 8 aromatic heterocycles. The molecule has 8 nitrogen and oxygen atoms in total. The largest absolute Gasteiger partial charge is 0.355 e. The summed E-state index contributed by atoms with van der Waals surface area (Å²) >= 11 is 9.02. The van der Waals surface area contributed by atoms with Crippen molar-refractivity contribution in [3.05, 3.63) is 316 Å². The monoisotopic (exact) mass is 1450 g/mol. The molecule has 20 aromatic rings. The summed E-state index contributed by atoms with van der Waals surface area (Å²) in [6, 6.07) is 105. The van der Waals surface area contributed by atoms with Crippen LogP contribution in [0.25, 0.3) is 159 Å². The average Bonchev–Trinajstić information content (AvgIpc) is 1.77. The lowest BCUT2D eigenvalue weighted by molar-refractivity contribution is 1.07. The summed E-state index contributed by atoms with van der Waals surface area (Å²) in [6.45, 7) is 0. The summed E-state index contributed by atoms with van der Waals surface area (Å²) in [4.78, 5) is 12.5. The maximum atomic E-state index is 4.84. The molecule has 448 valence electrons. The highest BCUT2D eigenvalue weighted by atomic mass is 127. The summed E-state index contributed by atoms with van der Waals surface area (Å²) in [5, 5.41) is 15.0. The summed E-state index contributed by atoms with van der Waals surface area (Å²) in [5.41, 5.74) is 18.8. The smallest absolute Gasteiger partial charge is 0.137 e. The van der Waals surface area contributed by atoms with Crippen LogP contribution in [-0.2, 0) is 0 Å². The molecule has 0 bridgehead atoms. The molecular formula is C83H55Br2IN8. The lowest BCUT2D eigenvalue weighted by Gasteiger charge is -2.10. The highest BCUT2D eigenvalue weighted by Gasteiger charge is 2.21. The Kier molecular flexibility index (Phi) is 14.2. The molecule has 20 rings (SSSR count). The zero-order valence-electron chi connectivity index (χ0n) is 49.6. The zero-order chi connectivity index (χ0) is 61.8. The van der Waals surface area contributed by atoms with Crippen LogP contribution in [0, 0.1) is 3.70 Å². The SMILES string of the molecule is Brc1ccc(-n2c3ccc(-n4c5ccccc5c5ccccc54)cc3c3cc(-n4c5ccccc5c5ccccc54)ccc32)nc1.Brc1ccc(I)nc1.C.c1ccc2c(c1)c1ccccc1n2-c1ccc2[nH]c3ccc(-n4c5ccccc5c5ccccc54)cc3c2c1. The van der Waals surface area contributed by atoms with Crippen molar-refractivity contribution in [3.63, 3.8) is 0 Å². The number of aromatic amines is 1. The van der Waals surface area contributed by atoms with Crippen molar-refractivity contribution < 1.29 is 0 Å². The lowest BCUT2D eigenvalue weighted by atomic mass is 10.1. The van der Waals surface area contributed by atoms with Gasteiger partial charge >= 0.3 is 0 Å². The minimum absolute atomic E-state index is 0. The number of benzene rings is 12. The van der Waals surface area contributed by atoms with Crippen LogP contribution in [0.5, 0.6) is 0 Å². The van der Waals surface area contributed by atoms with Crippen LogP contribution in [0.2, 0.25) is 0 Å². The van der Waals surface area contributed by atoms with Crippen molar-refractivity contribution in [2.24, 2.45) is 0 Å². The van der Waals surface area contributed by atoms with E-state index in [0.717, 1.165) is 51.9 Å². The fraction of sp³-hybridized carbons (Fsp3) is 0.0120. The molecule has 0 spiro atoms. The molecule has 0 unspecified atom stereocenters. The molecular weight excluding hydrogens is 1400 g/mol. The molecule has 11 heteroatoms. The Hall–Kier alpha value is -10.6. The normalized spacial score (nSPS) is 11.7. The van der Waals surface area contributed by atoms with E-state index in [1.165, 1.54) is 120 Å². The third-order valence-corrected chi connectivity index (χ3v) is 19.9. The third kappa shape index (κ3) is 9.34. The molecule has 0 fully saturated rings. The number of pyridine rings is 2. The molecule has 8 heterocycles. The number of para-hydroxylation sites is 8. The van der Waals surface area contributed by atoms with Gasteiger partial charge in [0.25, 0.3) is 0 Å². The molecule has 0 atom stereocenters. The van der Waals surface area contributed by atoms with Gasteiger partial charge in [-0.05, 0) is 200 Å². The first-order valence-corrected chi connectivity index (χ1v) is 33.5. The maximum absolute atomic E-state index is 4.84. The van der Waals surface area contributed by atoms with Crippen molar-refractivity contribution >= 4 is 185 Å². The number of aromatic nitrogens is 8. The summed E-state index contributed by atoms with van der Waals surface area (Å²) < 4.78 is 14.8. The maximum Gasteiger partial charge on any atom is 0.137 e. The first kappa shape index (κ1) is 57.3. The van der Waals surface area contributed by atoms with Gasteiger partial charge in [0.2, 0.25) is 0 Å². The average molecular weight is 1450 g/mol. The van der Waals surface area contributed by atoms with Gasteiger partial charge in [0.15, 0.2) is 0 Å². The fourth-order valence-corrected chi connectivity index (χ4v) is 15.1. The standard InChI is InChI=1S/C41H25BrN4.C36H23N3.C5H3BrIN.CH4/c42-26-17-22-41(43-25-26)46-39-20-18-27(44-35-13-5-1-9-29(35)30-10-2-6-14-36(30)44)23-33(39)34-24-28(19-21-40(34)46)45-37-15-7-3-11-31(37)32-12-4-8-16-38(32)45;1-5-13-33-25(9-1)26-10-2-6-14-34(26)38(33)23-17-19-31-29(21-23)30-22-24(18-20-32(30)37-31)39-35-15-7-3-11-27(35)28-12-4-8-16-36(28)39;6-4-1-2-5(7)8-3-4;/h1-25H;1-22,37H;1-3H;1H4. The molecule has 0 aliphatic heterocycles. The van der Waals surface area contributed by atoms with E-state index in [4.69, 9.17) is 4.98 Å². The summed E-state index contributed by atoms with van der Waals surface area (Å²) in [6.07, 6.45) is 3.65. The highest BCUT2D eigenvalue weighted by Crippen LogP contribution is 2.41. The second-order valence-corrected chi connectivity index (χ2v) is 26.4. The van der Waals surface area contributed by atoms with Crippen LogP contribution in [0.1, 0.15) is 7.43 Å². The number of rotatable bonds is 5. The molecule has 1 N–H and O–H groups in total. The van der Waals surface area contributed by atoms with E-state index in [1.54, 1.807) is 6.20 Å². The van der Waals surface area contributed by atoms with E-state index >= 15 is 0 Å². The quantitative estimate of drug-likeness (QED) is 0.138. The Bertz CT molecular complexity index is 5790. The molecule has 0 saturated carbocycles. The van der Waals surface area contributed by atoms with Crippen LogP contribution in [0.4, 0.5) is 0 Å². The number of hydrogen-bond donors (Lipinski definition) is 1. The van der Waals surface area contributed by atoms with E-state index in [0.29, 0.717) is 0 Å². The van der Waals surface area contributed by atoms with Crippen LogP contribution < -0.4 is 0 Å². The Labute approximate surface area is 570 Å². The molecule has 0 saturated heterocycles. The van der Waals surface area contributed by atoms with Crippen LogP contribution >= 0.6 is 54.5 Å². The Morgan fingerprint density at radius 2 is 0.521 bits per heavy atom. The summed E-state index contributed by atoms with van der Waals surface area (Å²) in [5.74, 6) is 0.887. The number of nitrogens with one attached hydrogen (secondary N) is 1. The van der Waals surface area contributed by atoms with Crippen molar-refractivity contribution in [1.29, 1.82) is 0 Å². The van der Waals surface area contributed by atoms with Gasteiger partial charge in [-0.25, -0.2) is 9.97 Å². The van der Waals surface area contributed by atoms with E-state index in [1.807, 2.05) is 18.3 Å². The number of hydrogen-bond acceptors (Lipinski definition) is 2. The fourth-order valence-electron chi connectivity index (χ4n) is 14.3. The van der Waals surface area contributed by atoms with E-state index in [-0.39, 0.29) is 7.43 Å². The number of fused-ring (bicyclic) bond motifs is 18. The highest BCUT2D eigenvalue weighted by molar-refractivity contribution is 14.1. The Morgan fingerprint density at radius 1 is 0.255 bits per heavy atom. The van der Waals surface area contributed by atoms with E-state index < -0.39 is 0 Å². The minimum atomic E-state index is 0. The molecule has 0 radical (unpaired) electrons. The molecule has 0 aliphatic rings. The third-order valence-electron chi connectivity index (χ3n) is 18.3. The second-order valence-electron chi connectivity index (χ2n) is 23.4. The van der Waals surface area contributed by atoms with Gasteiger partial charge in [-0.3, -0.25) is 4.57 Å². The summed E-state index contributed by atoms with van der Waals surface area (Å²) in [7, 11) is 0. The first-order valence-electron chi connectivity index (χ1n) is 30.9. The number of nitrogens with zero attached hydrogens (tertiary/aromatic N) is 7. The van der Waals surface area contributed by atoms with Gasteiger partial charge in [0.05, 0.1) is 55.2 Å². The lowest BCUT2D eigenvalue weighted by Crippen LogP contribution is -1.98. The second kappa shape index (κ2) is 23.2. The number of halogens is 3. The van der Waals surface area contributed by atoms with Gasteiger partial charge in [0, 0.05) is 120 Å². The van der Waals surface area contributed by atoms with Gasteiger partial charge in [-0.2, -0.15) is 0 Å². The molecule has 0 aliphatic carbocycles. The van der Waals surface area contributed by atoms with Crippen LogP contribution in [0.3, 0.4) is 0 Å². The first-order chi connectivity index (χ1) is 45.9. The van der Waals surface area contributed by atoms with E-state index in [9.17, 15) is 0 Å². The Morgan fingerprint density at radius 3 is 0.798 bits per heavy atom. The minimum Gasteiger partial charge on any atom is -0.355 e. The predicted octanol–water partition coefficient (Wildman–Crippen LogP) is 23.7. The van der Waals surface area contributed by atoms with Crippen LogP contribution in [0.15, 0.2) is 313 Å². The molecule has 12 aromatic carbocycles. The predicted molar refractivity (Wildman–Crippen MR) is 411 cm³/mol. The molecule has 94 heavy (non-hydrogen) atoms. The van der Waals surface area contributed by atoms with Gasteiger partial charge in [-0.15, -0.1) is 0 Å². The topological polar surface area (TPSA) is 66.2 Å². The van der Waals surface area contributed by atoms with Crippen molar-refractivity contribution in [2.75, 3.05) is 0 Å². The van der Waals surface area contributed by atoms with Crippen molar-refractivity contribution in [1.82, 2.24) is 37.8 Å². The van der Waals surface area contributed by atoms with Gasteiger partial charge < -0.3 is 23.3 Å². The Balaban J connectivity index is 0.000000128. The number of H-pyrrole nitrogens is 1. The van der Waals surface area contributed by atoms with Gasteiger partial charge in [-0.1, -0.05) is 153 Å². The molecule has 0 amide bonds. The van der Waals surface area contributed by atoms with Gasteiger partial charge in [0.1, 0.15) is 9.52 Å². The van der Waals surface area contributed by atoms with E-state index in [2.05, 4.69) is 366 Å². The van der Waals surface area contributed by atoms with Crippen LogP contribution in [-0.4, -0.2) is 37.8 Å².